The minimum absolute atomic E-state index is 0.0790. The summed E-state index contributed by atoms with van der Waals surface area (Å²) in [5.74, 6) is 0. The first-order valence-electron chi connectivity index (χ1n) is 7.89. The fourth-order valence-corrected chi connectivity index (χ4v) is 3.05. The Kier molecular flexibility index (Phi) is 3.99. The standard InChI is InChI=1S/C16H24N4O/c1-2-4-14-5-3-9-20(14)15(21)18-11-16(6-7-16)12-19-10-8-17-13-19/h3,5,8,10,13-14H,2,4,6-7,9,11-12H2,1H3,(H,18,21). The summed E-state index contributed by atoms with van der Waals surface area (Å²) in [6.07, 6.45) is 14.4. The van der Waals surface area contributed by atoms with Gasteiger partial charge in [-0.3, -0.25) is 0 Å². The Labute approximate surface area is 126 Å². The van der Waals surface area contributed by atoms with Gasteiger partial charge in [-0.15, -0.1) is 0 Å². The Morgan fingerprint density at radius 3 is 3.00 bits per heavy atom. The molecule has 114 valence electrons. The van der Waals surface area contributed by atoms with Gasteiger partial charge in [-0.1, -0.05) is 25.5 Å². The van der Waals surface area contributed by atoms with Gasteiger partial charge in [0.05, 0.1) is 12.4 Å². The molecule has 5 heteroatoms. The summed E-state index contributed by atoms with van der Waals surface area (Å²) in [5, 5.41) is 3.14. The minimum Gasteiger partial charge on any atom is -0.337 e. The zero-order valence-corrected chi connectivity index (χ0v) is 12.7. The maximum absolute atomic E-state index is 12.4. The van der Waals surface area contributed by atoms with Crippen LogP contribution in [0.1, 0.15) is 32.6 Å². The molecule has 1 fully saturated rings. The lowest BCUT2D eigenvalue weighted by Gasteiger charge is -2.26. The molecule has 0 radical (unpaired) electrons. The van der Waals surface area contributed by atoms with Crippen molar-refractivity contribution in [2.75, 3.05) is 13.1 Å². The number of nitrogens with zero attached hydrogens (tertiary/aromatic N) is 3. The highest BCUT2D eigenvalue weighted by molar-refractivity contribution is 5.75. The Bertz CT molecular complexity index is 504. The fourth-order valence-electron chi connectivity index (χ4n) is 3.05. The van der Waals surface area contributed by atoms with Crippen molar-refractivity contribution in [3.05, 3.63) is 30.9 Å². The Morgan fingerprint density at radius 1 is 1.48 bits per heavy atom. The first-order valence-corrected chi connectivity index (χ1v) is 7.89. The molecule has 1 N–H and O–H groups in total. The van der Waals surface area contributed by atoms with Gasteiger partial charge in [0.15, 0.2) is 0 Å². The Morgan fingerprint density at radius 2 is 2.33 bits per heavy atom. The molecule has 1 aliphatic carbocycles. The molecule has 0 spiro atoms. The van der Waals surface area contributed by atoms with Crippen molar-refractivity contribution in [3.63, 3.8) is 0 Å². The van der Waals surface area contributed by atoms with Crippen LogP contribution < -0.4 is 5.32 Å². The van der Waals surface area contributed by atoms with Gasteiger partial charge in [0.1, 0.15) is 0 Å². The lowest BCUT2D eigenvalue weighted by Crippen LogP contribution is -2.45. The number of rotatable bonds is 6. The molecule has 3 rings (SSSR count). The quantitative estimate of drug-likeness (QED) is 0.817. The summed E-state index contributed by atoms with van der Waals surface area (Å²) in [7, 11) is 0. The monoisotopic (exact) mass is 288 g/mol. The van der Waals surface area contributed by atoms with E-state index in [-0.39, 0.29) is 17.5 Å². The smallest absolute Gasteiger partial charge is 0.318 e. The molecule has 1 aromatic rings. The summed E-state index contributed by atoms with van der Waals surface area (Å²) in [4.78, 5) is 18.4. The van der Waals surface area contributed by atoms with Crippen LogP contribution in [-0.4, -0.2) is 39.6 Å². The summed E-state index contributed by atoms with van der Waals surface area (Å²) >= 11 is 0. The molecule has 0 bridgehead atoms. The van der Waals surface area contributed by atoms with E-state index in [0.29, 0.717) is 0 Å². The van der Waals surface area contributed by atoms with Crippen molar-refractivity contribution in [2.24, 2.45) is 5.41 Å². The fraction of sp³-hybridized carbons (Fsp3) is 0.625. The van der Waals surface area contributed by atoms with Crippen LogP contribution in [-0.2, 0) is 6.54 Å². The van der Waals surface area contributed by atoms with Crippen LogP contribution in [0.4, 0.5) is 4.79 Å². The summed E-state index contributed by atoms with van der Waals surface area (Å²) < 4.78 is 2.11. The molecule has 21 heavy (non-hydrogen) atoms. The average Bonchev–Trinajstić information content (AvgIpc) is 2.89. The van der Waals surface area contributed by atoms with Crippen molar-refractivity contribution in [1.29, 1.82) is 0 Å². The van der Waals surface area contributed by atoms with Gasteiger partial charge in [-0.05, 0) is 19.3 Å². The molecule has 1 saturated carbocycles. The van der Waals surface area contributed by atoms with Crippen LogP contribution >= 0.6 is 0 Å². The van der Waals surface area contributed by atoms with Gasteiger partial charge in [0.25, 0.3) is 0 Å². The van der Waals surface area contributed by atoms with Crippen LogP contribution in [0.25, 0.3) is 0 Å². The molecule has 5 nitrogen and oxygen atoms in total. The average molecular weight is 288 g/mol. The normalized spacial score (nSPS) is 22.5. The molecule has 2 aliphatic rings. The maximum atomic E-state index is 12.4. The lowest BCUT2D eigenvalue weighted by molar-refractivity contribution is 0.191. The summed E-state index contributed by atoms with van der Waals surface area (Å²) in [6, 6.07) is 0.356. The minimum atomic E-state index is 0.0790. The van der Waals surface area contributed by atoms with Crippen LogP contribution in [0.2, 0.25) is 0 Å². The van der Waals surface area contributed by atoms with E-state index in [1.54, 1.807) is 6.20 Å². The van der Waals surface area contributed by atoms with Crippen molar-refractivity contribution in [2.45, 2.75) is 45.2 Å². The molecule has 1 atom stereocenters. The third-order valence-corrected chi connectivity index (χ3v) is 4.55. The van der Waals surface area contributed by atoms with E-state index in [4.69, 9.17) is 0 Å². The van der Waals surface area contributed by atoms with Gasteiger partial charge in [-0.2, -0.15) is 0 Å². The van der Waals surface area contributed by atoms with E-state index in [1.165, 1.54) is 12.8 Å². The van der Waals surface area contributed by atoms with Gasteiger partial charge in [0.2, 0.25) is 0 Å². The summed E-state index contributed by atoms with van der Waals surface area (Å²) in [5.41, 5.74) is 0.240. The van der Waals surface area contributed by atoms with Crippen molar-refractivity contribution in [1.82, 2.24) is 19.8 Å². The van der Waals surface area contributed by atoms with E-state index in [1.807, 2.05) is 17.4 Å². The van der Waals surface area contributed by atoms with Crippen molar-refractivity contribution >= 4 is 6.03 Å². The predicted octanol–water partition coefficient (Wildman–Crippen LogP) is 2.41. The molecule has 1 aliphatic heterocycles. The van der Waals surface area contributed by atoms with Gasteiger partial charge < -0.3 is 14.8 Å². The van der Waals surface area contributed by atoms with Crippen LogP contribution in [0.3, 0.4) is 0 Å². The van der Waals surface area contributed by atoms with E-state index >= 15 is 0 Å². The van der Waals surface area contributed by atoms with Crippen molar-refractivity contribution < 1.29 is 4.79 Å². The maximum Gasteiger partial charge on any atom is 0.318 e. The van der Waals surface area contributed by atoms with E-state index < -0.39 is 0 Å². The highest BCUT2D eigenvalue weighted by atomic mass is 16.2. The molecule has 2 amide bonds. The lowest BCUT2D eigenvalue weighted by atomic mass is 10.1. The van der Waals surface area contributed by atoms with Crippen LogP contribution in [0.15, 0.2) is 30.9 Å². The number of hydrogen-bond acceptors (Lipinski definition) is 2. The Hall–Kier alpha value is -1.78. The van der Waals surface area contributed by atoms with Gasteiger partial charge >= 0.3 is 6.03 Å². The topological polar surface area (TPSA) is 50.2 Å². The zero-order chi connectivity index (χ0) is 14.7. The highest BCUT2D eigenvalue weighted by Gasteiger charge is 2.43. The third-order valence-electron chi connectivity index (χ3n) is 4.55. The molecular formula is C16H24N4O. The molecule has 0 aromatic carbocycles. The molecule has 2 heterocycles. The number of aromatic nitrogens is 2. The van der Waals surface area contributed by atoms with Gasteiger partial charge in [0, 0.05) is 37.4 Å². The first-order chi connectivity index (χ1) is 10.2. The number of carbonyl (C=O) groups excluding carboxylic acids is 1. The van der Waals surface area contributed by atoms with E-state index in [2.05, 4.69) is 33.9 Å². The number of carbonyl (C=O) groups is 1. The molecule has 0 saturated heterocycles. The molecule has 1 unspecified atom stereocenters. The number of urea groups is 1. The number of amides is 2. The number of imidazole rings is 1. The Balaban J connectivity index is 1.49. The zero-order valence-electron chi connectivity index (χ0n) is 12.7. The number of hydrogen-bond donors (Lipinski definition) is 1. The second kappa shape index (κ2) is 5.92. The second-order valence-electron chi connectivity index (χ2n) is 6.33. The summed E-state index contributed by atoms with van der Waals surface area (Å²) in [6.45, 7) is 4.61. The van der Waals surface area contributed by atoms with Gasteiger partial charge in [-0.25, -0.2) is 9.78 Å². The predicted molar refractivity (Wildman–Crippen MR) is 81.8 cm³/mol. The van der Waals surface area contributed by atoms with E-state index in [9.17, 15) is 4.79 Å². The largest absolute Gasteiger partial charge is 0.337 e. The second-order valence-corrected chi connectivity index (χ2v) is 6.33. The first kappa shape index (κ1) is 14.2. The molecule has 1 aromatic heterocycles. The highest BCUT2D eigenvalue weighted by Crippen LogP contribution is 2.46. The molecular weight excluding hydrogens is 264 g/mol. The SMILES string of the molecule is CCCC1C=CCN1C(=O)NCC1(Cn2ccnc2)CC1. The number of nitrogens with one attached hydrogen (secondary N) is 1. The van der Waals surface area contributed by atoms with Crippen molar-refractivity contribution in [3.8, 4) is 0 Å². The van der Waals surface area contributed by atoms with Crippen LogP contribution in [0, 0.1) is 5.41 Å². The van der Waals surface area contributed by atoms with E-state index in [0.717, 1.165) is 32.5 Å². The van der Waals surface area contributed by atoms with Crippen LogP contribution in [0.5, 0.6) is 0 Å². The third kappa shape index (κ3) is 3.28.